The molecule has 6 nitrogen and oxygen atoms in total. The molecule has 0 bridgehead atoms. The van der Waals surface area contributed by atoms with Crippen LogP contribution in [0.4, 0.5) is 5.82 Å². The lowest BCUT2D eigenvalue weighted by Crippen LogP contribution is -2.38. The second-order valence-electron chi connectivity index (χ2n) is 6.05. The van der Waals surface area contributed by atoms with Crippen LogP contribution in [-0.4, -0.2) is 57.0 Å². The molecule has 1 saturated heterocycles. The fraction of sp³-hybridized carbons (Fsp3) is 0.647. The predicted molar refractivity (Wildman–Crippen MR) is 89.9 cm³/mol. The molecule has 128 valence electrons. The van der Waals surface area contributed by atoms with Crippen LogP contribution in [-0.2, 0) is 9.47 Å². The third kappa shape index (κ3) is 5.80. The fourth-order valence-corrected chi connectivity index (χ4v) is 2.39. The van der Waals surface area contributed by atoms with E-state index in [0.29, 0.717) is 37.8 Å². The zero-order valence-electron chi connectivity index (χ0n) is 14.1. The van der Waals surface area contributed by atoms with Crippen molar-refractivity contribution in [2.75, 3.05) is 51.0 Å². The number of carbonyl (C=O) groups excluding carboxylic acids is 1. The molecule has 0 aliphatic carbocycles. The summed E-state index contributed by atoms with van der Waals surface area (Å²) in [4.78, 5) is 18.9. The summed E-state index contributed by atoms with van der Waals surface area (Å²) < 4.78 is 10.9. The molecule has 2 rings (SSSR count). The highest BCUT2D eigenvalue weighted by Crippen LogP contribution is 2.18. The van der Waals surface area contributed by atoms with E-state index in [1.165, 1.54) is 0 Å². The van der Waals surface area contributed by atoms with Crippen molar-refractivity contribution in [3.8, 4) is 0 Å². The molecule has 2 heterocycles. The molecule has 23 heavy (non-hydrogen) atoms. The standard InChI is InChI=1S/C17H27N3O3/c1-14(2)13-23-10-4-7-19-17(21)15-5-3-6-18-16(15)20-8-11-22-12-9-20/h3,5-6,14H,4,7-13H2,1-2H3,(H,19,21). The maximum absolute atomic E-state index is 12.4. The van der Waals surface area contributed by atoms with E-state index in [-0.39, 0.29) is 5.91 Å². The Hall–Kier alpha value is -1.66. The zero-order valence-corrected chi connectivity index (χ0v) is 14.1. The second kappa shape index (κ2) is 9.47. The SMILES string of the molecule is CC(C)COCCCNC(=O)c1cccnc1N1CCOCC1. The Morgan fingerprint density at radius 3 is 2.96 bits per heavy atom. The molecular formula is C17H27N3O3. The van der Waals surface area contributed by atoms with Gasteiger partial charge in [-0.15, -0.1) is 0 Å². The summed E-state index contributed by atoms with van der Waals surface area (Å²) >= 11 is 0. The highest BCUT2D eigenvalue weighted by molar-refractivity contribution is 5.98. The molecule has 0 unspecified atom stereocenters. The highest BCUT2D eigenvalue weighted by Gasteiger charge is 2.19. The average molecular weight is 321 g/mol. The number of anilines is 1. The number of amides is 1. The number of ether oxygens (including phenoxy) is 2. The lowest BCUT2D eigenvalue weighted by molar-refractivity contribution is 0.0923. The number of morpholine rings is 1. The summed E-state index contributed by atoms with van der Waals surface area (Å²) in [6.07, 6.45) is 2.53. The Labute approximate surface area is 138 Å². The van der Waals surface area contributed by atoms with Gasteiger partial charge in [-0.05, 0) is 24.5 Å². The summed E-state index contributed by atoms with van der Waals surface area (Å²) in [5.74, 6) is 1.20. The average Bonchev–Trinajstić information content (AvgIpc) is 2.58. The number of nitrogens with one attached hydrogen (secondary N) is 1. The largest absolute Gasteiger partial charge is 0.381 e. The van der Waals surface area contributed by atoms with Crippen LogP contribution in [0.5, 0.6) is 0 Å². The summed E-state index contributed by atoms with van der Waals surface area (Å²) in [5.41, 5.74) is 0.623. The number of hydrogen-bond acceptors (Lipinski definition) is 5. The Kier molecular flexibility index (Phi) is 7.29. The van der Waals surface area contributed by atoms with E-state index in [1.54, 1.807) is 12.3 Å². The molecule has 1 N–H and O–H groups in total. The van der Waals surface area contributed by atoms with Crippen molar-refractivity contribution < 1.29 is 14.3 Å². The van der Waals surface area contributed by atoms with E-state index in [9.17, 15) is 4.79 Å². The minimum atomic E-state index is -0.0801. The van der Waals surface area contributed by atoms with Crippen LogP contribution in [0.25, 0.3) is 0 Å². The Bertz CT molecular complexity index is 488. The molecule has 6 heteroatoms. The first-order valence-corrected chi connectivity index (χ1v) is 8.32. The summed E-state index contributed by atoms with van der Waals surface area (Å²) in [7, 11) is 0. The quantitative estimate of drug-likeness (QED) is 0.739. The van der Waals surface area contributed by atoms with Crippen LogP contribution >= 0.6 is 0 Å². The maximum atomic E-state index is 12.4. The van der Waals surface area contributed by atoms with Gasteiger partial charge in [-0.3, -0.25) is 4.79 Å². The first-order valence-electron chi connectivity index (χ1n) is 8.32. The predicted octanol–water partition coefficient (Wildman–Crippen LogP) is 1.71. The number of hydrogen-bond donors (Lipinski definition) is 1. The van der Waals surface area contributed by atoms with E-state index < -0.39 is 0 Å². The van der Waals surface area contributed by atoms with E-state index in [1.807, 2.05) is 6.07 Å². The van der Waals surface area contributed by atoms with Gasteiger partial charge in [0.05, 0.1) is 18.8 Å². The second-order valence-corrected chi connectivity index (χ2v) is 6.05. The Morgan fingerprint density at radius 1 is 1.43 bits per heavy atom. The van der Waals surface area contributed by atoms with Gasteiger partial charge in [0.25, 0.3) is 5.91 Å². The number of rotatable bonds is 8. The van der Waals surface area contributed by atoms with Crippen molar-refractivity contribution in [2.45, 2.75) is 20.3 Å². The molecule has 1 aromatic heterocycles. The van der Waals surface area contributed by atoms with Gasteiger partial charge >= 0.3 is 0 Å². The van der Waals surface area contributed by atoms with Gasteiger partial charge < -0.3 is 19.7 Å². The lowest BCUT2D eigenvalue weighted by Gasteiger charge is -2.29. The Balaban J connectivity index is 1.82. The van der Waals surface area contributed by atoms with Crippen LogP contribution < -0.4 is 10.2 Å². The zero-order chi connectivity index (χ0) is 16.5. The van der Waals surface area contributed by atoms with Crippen LogP contribution in [0.3, 0.4) is 0 Å². The van der Waals surface area contributed by atoms with Gasteiger partial charge in [-0.25, -0.2) is 4.98 Å². The number of nitrogens with zero attached hydrogens (tertiary/aromatic N) is 2. The van der Waals surface area contributed by atoms with E-state index in [0.717, 1.165) is 31.9 Å². The molecule has 1 aromatic rings. The first-order chi connectivity index (χ1) is 11.2. The minimum absolute atomic E-state index is 0.0801. The first kappa shape index (κ1) is 17.7. The van der Waals surface area contributed by atoms with E-state index >= 15 is 0 Å². The maximum Gasteiger partial charge on any atom is 0.255 e. The molecule has 1 aliphatic rings. The van der Waals surface area contributed by atoms with Crippen LogP contribution in [0.1, 0.15) is 30.6 Å². The van der Waals surface area contributed by atoms with E-state index in [4.69, 9.17) is 9.47 Å². The molecule has 0 atom stereocenters. The highest BCUT2D eigenvalue weighted by atomic mass is 16.5. The molecule has 1 amide bonds. The van der Waals surface area contributed by atoms with E-state index in [2.05, 4.69) is 29.0 Å². The van der Waals surface area contributed by atoms with Gasteiger partial charge in [-0.2, -0.15) is 0 Å². The third-order valence-corrected chi connectivity index (χ3v) is 3.54. The van der Waals surface area contributed by atoms with Crippen LogP contribution in [0.2, 0.25) is 0 Å². The van der Waals surface area contributed by atoms with Gasteiger partial charge in [0.1, 0.15) is 5.82 Å². The van der Waals surface area contributed by atoms with Gasteiger partial charge in [0.2, 0.25) is 0 Å². The third-order valence-electron chi connectivity index (χ3n) is 3.54. The molecule has 1 aliphatic heterocycles. The monoisotopic (exact) mass is 321 g/mol. The van der Waals surface area contributed by atoms with Crippen molar-refractivity contribution in [2.24, 2.45) is 5.92 Å². The van der Waals surface area contributed by atoms with Gasteiger partial charge in [0, 0.05) is 39.0 Å². The normalized spacial score (nSPS) is 15.0. The van der Waals surface area contributed by atoms with Gasteiger partial charge in [0.15, 0.2) is 0 Å². The smallest absolute Gasteiger partial charge is 0.255 e. The van der Waals surface area contributed by atoms with Crippen molar-refractivity contribution in [1.29, 1.82) is 0 Å². The Morgan fingerprint density at radius 2 is 2.22 bits per heavy atom. The molecule has 1 fully saturated rings. The van der Waals surface area contributed by atoms with Crippen molar-refractivity contribution >= 4 is 11.7 Å². The lowest BCUT2D eigenvalue weighted by atomic mass is 10.2. The van der Waals surface area contributed by atoms with Crippen molar-refractivity contribution in [1.82, 2.24) is 10.3 Å². The summed E-state index contributed by atoms with van der Waals surface area (Å²) in [5, 5.41) is 2.95. The molecule has 0 saturated carbocycles. The topological polar surface area (TPSA) is 63.7 Å². The van der Waals surface area contributed by atoms with Gasteiger partial charge in [-0.1, -0.05) is 13.8 Å². The number of aromatic nitrogens is 1. The molecular weight excluding hydrogens is 294 g/mol. The summed E-state index contributed by atoms with van der Waals surface area (Å²) in [6, 6.07) is 3.62. The number of carbonyl (C=O) groups is 1. The van der Waals surface area contributed by atoms with Crippen molar-refractivity contribution in [3.63, 3.8) is 0 Å². The van der Waals surface area contributed by atoms with Crippen molar-refractivity contribution in [3.05, 3.63) is 23.9 Å². The van der Waals surface area contributed by atoms with Crippen LogP contribution in [0.15, 0.2) is 18.3 Å². The molecule has 0 spiro atoms. The number of pyridine rings is 1. The summed E-state index contributed by atoms with van der Waals surface area (Å²) in [6.45, 7) is 9.15. The molecule has 0 radical (unpaired) electrons. The minimum Gasteiger partial charge on any atom is -0.381 e. The fourth-order valence-electron chi connectivity index (χ4n) is 2.39. The molecule has 0 aromatic carbocycles. The van der Waals surface area contributed by atoms with Crippen LogP contribution in [0, 0.1) is 5.92 Å².